The first-order valence-electron chi connectivity index (χ1n) is 5.25. The fraction of sp³-hybridized carbons (Fsp3) is 0.417. The zero-order valence-electron chi connectivity index (χ0n) is 9.77. The summed E-state index contributed by atoms with van der Waals surface area (Å²) in [5.74, 6) is -0.830. The average molecular weight is 242 g/mol. The lowest BCUT2D eigenvalue weighted by Gasteiger charge is -2.12. The highest BCUT2D eigenvalue weighted by Gasteiger charge is 2.18. The number of ether oxygens (including phenoxy) is 2. The summed E-state index contributed by atoms with van der Waals surface area (Å²) in [7, 11) is 1.40. The number of aliphatic hydroxyl groups excluding tert-OH is 1. The Hall–Kier alpha value is -1.62. The first-order chi connectivity index (χ1) is 8.08. The van der Waals surface area contributed by atoms with Gasteiger partial charge in [0.2, 0.25) is 0 Å². The quantitative estimate of drug-likeness (QED) is 0.791. The minimum atomic E-state index is -1.27. The van der Waals surface area contributed by atoms with Crippen LogP contribution in [0.3, 0.4) is 0 Å². The summed E-state index contributed by atoms with van der Waals surface area (Å²) in [4.78, 5) is 11.2. The Morgan fingerprint density at radius 3 is 2.82 bits per heavy atom. The van der Waals surface area contributed by atoms with Crippen LogP contribution < -0.4 is 4.74 Å². The van der Waals surface area contributed by atoms with Gasteiger partial charge in [0.15, 0.2) is 6.10 Å². The van der Waals surface area contributed by atoms with E-state index in [4.69, 9.17) is 4.74 Å². The Morgan fingerprint density at radius 1 is 1.53 bits per heavy atom. The molecular formula is C12H15FO4. The maximum Gasteiger partial charge on any atom is 0.335 e. The van der Waals surface area contributed by atoms with E-state index in [1.54, 1.807) is 6.92 Å². The molecule has 0 spiro atoms. The van der Waals surface area contributed by atoms with Gasteiger partial charge in [0.05, 0.1) is 13.7 Å². The van der Waals surface area contributed by atoms with Gasteiger partial charge in [0, 0.05) is 12.5 Å². The lowest BCUT2D eigenvalue weighted by atomic mass is 10.1. The van der Waals surface area contributed by atoms with Crippen LogP contribution in [0.25, 0.3) is 0 Å². The largest absolute Gasteiger partial charge is 0.496 e. The Bertz CT molecular complexity index is 392. The lowest BCUT2D eigenvalue weighted by Crippen LogP contribution is -2.25. The molecule has 1 rings (SSSR count). The summed E-state index contributed by atoms with van der Waals surface area (Å²) in [6.07, 6.45) is -1.24. The minimum absolute atomic E-state index is 0.0300. The Kier molecular flexibility index (Phi) is 4.90. The summed E-state index contributed by atoms with van der Waals surface area (Å²) in [6, 6.07) is 3.92. The van der Waals surface area contributed by atoms with Crippen LogP contribution in [0.5, 0.6) is 5.75 Å². The van der Waals surface area contributed by atoms with Crippen LogP contribution in [0.15, 0.2) is 18.2 Å². The molecule has 0 aromatic heterocycles. The highest BCUT2D eigenvalue weighted by Crippen LogP contribution is 2.21. The van der Waals surface area contributed by atoms with Gasteiger partial charge < -0.3 is 14.6 Å². The van der Waals surface area contributed by atoms with Crippen LogP contribution in [0.1, 0.15) is 12.5 Å². The van der Waals surface area contributed by atoms with E-state index in [2.05, 4.69) is 4.74 Å². The number of aliphatic hydroxyl groups is 1. The molecular weight excluding hydrogens is 227 g/mol. The van der Waals surface area contributed by atoms with Gasteiger partial charge in [-0.2, -0.15) is 0 Å². The van der Waals surface area contributed by atoms with Gasteiger partial charge in [-0.15, -0.1) is 0 Å². The second kappa shape index (κ2) is 6.20. The summed E-state index contributed by atoms with van der Waals surface area (Å²) in [5, 5.41) is 9.57. The van der Waals surface area contributed by atoms with E-state index in [9.17, 15) is 14.3 Å². The van der Waals surface area contributed by atoms with Crippen molar-refractivity contribution in [2.24, 2.45) is 0 Å². The first-order valence-corrected chi connectivity index (χ1v) is 5.25. The third-order valence-corrected chi connectivity index (χ3v) is 2.22. The molecule has 4 nitrogen and oxygen atoms in total. The van der Waals surface area contributed by atoms with Crippen molar-refractivity contribution < 1.29 is 23.8 Å². The summed E-state index contributed by atoms with van der Waals surface area (Å²) >= 11 is 0. The summed E-state index contributed by atoms with van der Waals surface area (Å²) in [6.45, 7) is 1.86. The molecule has 1 aromatic rings. The van der Waals surface area contributed by atoms with Crippen LogP contribution in [0.2, 0.25) is 0 Å². The molecule has 17 heavy (non-hydrogen) atoms. The molecule has 94 valence electrons. The van der Waals surface area contributed by atoms with Crippen molar-refractivity contribution in [3.05, 3.63) is 29.6 Å². The summed E-state index contributed by atoms with van der Waals surface area (Å²) in [5.41, 5.74) is 0.550. The number of hydrogen-bond donors (Lipinski definition) is 1. The fourth-order valence-electron chi connectivity index (χ4n) is 1.42. The smallest absolute Gasteiger partial charge is 0.335 e. The van der Waals surface area contributed by atoms with Crippen molar-refractivity contribution >= 4 is 5.97 Å². The maximum absolute atomic E-state index is 12.9. The molecule has 0 fully saturated rings. The highest BCUT2D eigenvalue weighted by atomic mass is 19.1. The number of benzene rings is 1. The molecule has 1 atom stereocenters. The monoisotopic (exact) mass is 242 g/mol. The molecule has 1 aromatic carbocycles. The zero-order chi connectivity index (χ0) is 12.8. The van der Waals surface area contributed by atoms with Gasteiger partial charge in [-0.3, -0.25) is 0 Å². The van der Waals surface area contributed by atoms with Crippen LogP contribution >= 0.6 is 0 Å². The van der Waals surface area contributed by atoms with Crippen molar-refractivity contribution in [1.82, 2.24) is 0 Å². The van der Waals surface area contributed by atoms with E-state index in [1.165, 1.54) is 25.3 Å². The topological polar surface area (TPSA) is 55.8 Å². The van der Waals surface area contributed by atoms with Gasteiger partial charge >= 0.3 is 5.97 Å². The molecule has 0 saturated heterocycles. The molecule has 0 aliphatic heterocycles. The van der Waals surface area contributed by atoms with E-state index < -0.39 is 17.9 Å². The molecule has 0 radical (unpaired) electrons. The fourth-order valence-corrected chi connectivity index (χ4v) is 1.42. The Labute approximate surface area is 99.0 Å². The maximum atomic E-state index is 12.9. The molecule has 1 N–H and O–H groups in total. The van der Waals surface area contributed by atoms with Crippen molar-refractivity contribution in [3.8, 4) is 5.75 Å². The molecule has 0 unspecified atom stereocenters. The van der Waals surface area contributed by atoms with Crippen LogP contribution in [-0.4, -0.2) is 30.9 Å². The zero-order valence-corrected chi connectivity index (χ0v) is 9.77. The summed E-state index contributed by atoms with van der Waals surface area (Å²) < 4.78 is 22.5. The Balaban J connectivity index is 2.77. The van der Waals surface area contributed by atoms with Crippen LogP contribution in [0, 0.1) is 5.82 Å². The molecule has 0 bridgehead atoms. The number of rotatable bonds is 5. The highest BCUT2D eigenvalue weighted by molar-refractivity contribution is 5.74. The number of esters is 1. The minimum Gasteiger partial charge on any atom is -0.496 e. The van der Waals surface area contributed by atoms with E-state index in [0.717, 1.165) is 0 Å². The van der Waals surface area contributed by atoms with Gasteiger partial charge in [-0.05, 0) is 18.6 Å². The molecule has 0 aliphatic rings. The number of carbonyl (C=O) groups excluding carboxylic acids is 1. The first kappa shape index (κ1) is 13.4. The number of halogens is 1. The normalized spacial score (nSPS) is 12.0. The third kappa shape index (κ3) is 3.71. The van der Waals surface area contributed by atoms with Gasteiger partial charge in [0.1, 0.15) is 11.6 Å². The van der Waals surface area contributed by atoms with E-state index in [-0.39, 0.29) is 13.0 Å². The van der Waals surface area contributed by atoms with Gasteiger partial charge in [-0.25, -0.2) is 9.18 Å². The second-order valence-electron chi connectivity index (χ2n) is 3.43. The van der Waals surface area contributed by atoms with E-state index >= 15 is 0 Å². The predicted octanol–water partition coefficient (Wildman–Crippen LogP) is 1.30. The van der Waals surface area contributed by atoms with Crippen molar-refractivity contribution in [2.75, 3.05) is 13.7 Å². The van der Waals surface area contributed by atoms with Gasteiger partial charge in [-0.1, -0.05) is 6.07 Å². The third-order valence-electron chi connectivity index (χ3n) is 2.22. The number of hydrogen-bond acceptors (Lipinski definition) is 4. The molecule has 0 aliphatic carbocycles. The molecule has 0 saturated carbocycles. The molecule has 0 heterocycles. The van der Waals surface area contributed by atoms with E-state index in [1.807, 2.05) is 0 Å². The van der Waals surface area contributed by atoms with Gasteiger partial charge in [0.25, 0.3) is 0 Å². The van der Waals surface area contributed by atoms with E-state index in [0.29, 0.717) is 11.3 Å². The van der Waals surface area contributed by atoms with Crippen molar-refractivity contribution in [1.29, 1.82) is 0 Å². The standard InChI is InChI=1S/C12H15FO4/c1-3-17-12(15)10(14)6-8-4-5-9(13)7-11(8)16-2/h4-5,7,10,14H,3,6H2,1-2H3/t10-/m1/s1. The lowest BCUT2D eigenvalue weighted by molar-refractivity contribution is -0.152. The molecule has 0 amide bonds. The molecule has 5 heteroatoms. The Morgan fingerprint density at radius 2 is 2.24 bits per heavy atom. The van der Waals surface area contributed by atoms with Crippen LogP contribution in [-0.2, 0) is 16.0 Å². The SMILES string of the molecule is CCOC(=O)[C@H](O)Cc1ccc(F)cc1OC. The average Bonchev–Trinajstić information content (AvgIpc) is 2.31. The second-order valence-corrected chi connectivity index (χ2v) is 3.43. The van der Waals surface area contributed by atoms with Crippen molar-refractivity contribution in [2.45, 2.75) is 19.4 Å². The predicted molar refractivity (Wildman–Crippen MR) is 59.3 cm³/mol. The number of methoxy groups -OCH3 is 1. The van der Waals surface area contributed by atoms with Crippen LogP contribution in [0.4, 0.5) is 4.39 Å². The number of carbonyl (C=O) groups is 1. The van der Waals surface area contributed by atoms with Crippen molar-refractivity contribution in [3.63, 3.8) is 0 Å².